The minimum Gasteiger partial charge on any atom is -0.314 e. The van der Waals surface area contributed by atoms with Crippen molar-refractivity contribution in [3.8, 4) is 0 Å². The van der Waals surface area contributed by atoms with Gasteiger partial charge in [-0.25, -0.2) is 9.97 Å². The molecule has 0 radical (unpaired) electrons. The standard InChI is InChI=1S/C14H23N3S/c1-4-15-12-6-5-7-13(9-12)18-14-16-10(2)8-11(3)17-14/h8,12-13,15H,4-7,9H2,1-3H3. The van der Waals surface area contributed by atoms with E-state index in [9.17, 15) is 0 Å². The van der Waals surface area contributed by atoms with E-state index in [4.69, 9.17) is 0 Å². The number of hydrogen-bond acceptors (Lipinski definition) is 4. The number of nitrogens with zero attached hydrogens (tertiary/aromatic N) is 2. The van der Waals surface area contributed by atoms with Gasteiger partial charge in [-0.2, -0.15) is 0 Å². The summed E-state index contributed by atoms with van der Waals surface area (Å²) in [6, 6.07) is 2.72. The Morgan fingerprint density at radius 2 is 2.00 bits per heavy atom. The van der Waals surface area contributed by atoms with E-state index in [1.807, 2.05) is 31.7 Å². The normalized spacial score (nSPS) is 24.2. The van der Waals surface area contributed by atoms with Crippen molar-refractivity contribution in [3.63, 3.8) is 0 Å². The molecule has 0 amide bonds. The van der Waals surface area contributed by atoms with Crippen LogP contribution in [0.2, 0.25) is 0 Å². The Balaban J connectivity index is 1.95. The van der Waals surface area contributed by atoms with Gasteiger partial charge in [0.25, 0.3) is 0 Å². The molecule has 18 heavy (non-hydrogen) atoms. The van der Waals surface area contributed by atoms with Crippen molar-refractivity contribution in [2.75, 3.05) is 6.54 Å². The van der Waals surface area contributed by atoms with Crippen LogP contribution in [0.25, 0.3) is 0 Å². The van der Waals surface area contributed by atoms with Crippen LogP contribution < -0.4 is 5.32 Å². The van der Waals surface area contributed by atoms with Crippen molar-refractivity contribution in [2.24, 2.45) is 0 Å². The molecule has 0 saturated heterocycles. The maximum atomic E-state index is 4.53. The average molecular weight is 265 g/mol. The lowest BCUT2D eigenvalue weighted by atomic mass is 9.95. The Kier molecular flexibility index (Phi) is 5.01. The van der Waals surface area contributed by atoms with E-state index in [-0.39, 0.29) is 0 Å². The fraction of sp³-hybridized carbons (Fsp3) is 0.714. The third-order valence-corrected chi connectivity index (χ3v) is 4.51. The van der Waals surface area contributed by atoms with E-state index in [0.717, 1.165) is 23.1 Å². The summed E-state index contributed by atoms with van der Waals surface area (Å²) in [4.78, 5) is 9.06. The van der Waals surface area contributed by atoms with Gasteiger partial charge in [-0.05, 0) is 45.7 Å². The van der Waals surface area contributed by atoms with Gasteiger partial charge in [0.15, 0.2) is 5.16 Å². The van der Waals surface area contributed by atoms with Crippen molar-refractivity contribution >= 4 is 11.8 Å². The molecule has 0 aliphatic heterocycles. The van der Waals surface area contributed by atoms with Gasteiger partial charge in [-0.15, -0.1) is 0 Å². The Morgan fingerprint density at radius 3 is 2.67 bits per heavy atom. The van der Waals surface area contributed by atoms with Crippen LogP contribution in [-0.4, -0.2) is 27.8 Å². The van der Waals surface area contributed by atoms with E-state index in [0.29, 0.717) is 11.3 Å². The van der Waals surface area contributed by atoms with Crippen molar-refractivity contribution in [1.82, 2.24) is 15.3 Å². The summed E-state index contributed by atoms with van der Waals surface area (Å²) in [6.45, 7) is 7.34. The first-order chi connectivity index (χ1) is 8.67. The number of nitrogens with one attached hydrogen (secondary N) is 1. The molecule has 0 bridgehead atoms. The summed E-state index contributed by atoms with van der Waals surface area (Å²) >= 11 is 1.86. The molecule has 1 N–H and O–H groups in total. The van der Waals surface area contributed by atoms with Gasteiger partial charge in [-0.1, -0.05) is 25.1 Å². The minimum atomic E-state index is 0.670. The van der Waals surface area contributed by atoms with E-state index in [1.165, 1.54) is 25.7 Å². The van der Waals surface area contributed by atoms with Gasteiger partial charge in [0.05, 0.1) is 0 Å². The molecule has 0 spiro atoms. The monoisotopic (exact) mass is 265 g/mol. The maximum Gasteiger partial charge on any atom is 0.188 e. The molecular formula is C14H23N3S. The highest BCUT2D eigenvalue weighted by atomic mass is 32.2. The zero-order valence-corrected chi connectivity index (χ0v) is 12.4. The van der Waals surface area contributed by atoms with Crippen LogP contribution in [0.5, 0.6) is 0 Å². The molecule has 3 nitrogen and oxygen atoms in total. The Bertz CT molecular complexity index is 372. The van der Waals surface area contributed by atoms with E-state index in [2.05, 4.69) is 22.2 Å². The fourth-order valence-corrected chi connectivity index (χ4v) is 3.93. The van der Waals surface area contributed by atoms with Crippen molar-refractivity contribution < 1.29 is 0 Å². The van der Waals surface area contributed by atoms with Crippen molar-refractivity contribution in [3.05, 3.63) is 17.5 Å². The Morgan fingerprint density at radius 1 is 1.28 bits per heavy atom. The number of rotatable bonds is 4. The van der Waals surface area contributed by atoms with Crippen LogP contribution in [0, 0.1) is 13.8 Å². The minimum absolute atomic E-state index is 0.670. The zero-order valence-electron chi connectivity index (χ0n) is 11.6. The molecule has 1 aliphatic rings. The molecule has 1 heterocycles. The first-order valence-corrected chi connectivity index (χ1v) is 7.77. The number of aromatic nitrogens is 2. The maximum absolute atomic E-state index is 4.53. The van der Waals surface area contributed by atoms with E-state index >= 15 is 0 Å². The summed E-state index contributed by atoms with van der Waals surface area (Å²) in [5.74, 6) is 0. The smallest absolute Gasteiger partial charge is 0.188 e. The molecule has 0 aromatic carbocycles. The first-order valence-electron chi connectivity index (χ1n) is 6.89. The SMILES string of the molecule is CCNC1CCCC(Sc2nc(C)cc(C)n2)C1. The van der Waals surface area contributed by atoms with Crippen LogP contribution in [0.4, 0.5) is 0 Å². The second-order valence-corrected chi connectivity index (χ2v) is 6.36. The second kappa shape index (κ2) is 6.53. The molecule has 1 fully saturated rings. The number of thioether (sulfide) groups is 1. The van der Waals surface area contributed by atoms with Crippen LogP contribution in [0.1, 0.15) is 44.0 Å². The predicted molar refractivity (Wildman–Crippen MR) is 77.1 cm³/mol. The second-order valence-electron chi connectivity index (χ2n) is 5.09. The van der Waals surface area contributed by atoms with Crippen LogP contribution in [0.3, 0.4) is 0 Å². The highest BCUT2D eigenvalue weighted by Gasteiger charge is 2.22. The van der Waals surface area contributed by atoms with E-state index in [1.54, 1.807) is 0 Å². The fourth-order valence-electron chi connectivity index (χ4n) is 2.62. The highest BCUT2D eigenvalue weighted by Crippen LogP contribution is 2.32. The summed E-state index contributed by atoms with van der Waals surface area (Å²) in [7, 11) is 0. The third kappa shape index (κ3) is 3.95. The summed E-state index contributed by atoms with van der Waals surface area (Å²) in [6.07, 6.45) is 5.18. The molecule has 100 valence electrons. The largest absolute Gasteiger partial charge is 0.314 e. The van der Waals surface area contributed by atoms with Gasteiger partial charge < -0.3 is 5.32 Å². The summed E-state index contributed by atoms with van der Waals surface area (Å²) < 4.78 is 0. The molecule has 1 aromatic rings. The lowest BCUT2D eigenvalue weighted by Crippen LogP contribution is -2.34. The molecule has 4 heteroatoms. The van der Waals surface area contributed by atoms with Gasteiger partial charge in [0.2, 0.25) is 0 Å². The van der Waals surface area contributed by atoms with Crippen molar-refractivity contribution in [2.45, 2.75) is 62.9 Å². The van der Waals surface area contributed by atoms with Gasteiger partial charge in [0, 0.05) is 22.7 Å². The molecule has 2 atom stereocenters. The first kappa shape index (κ1) is 13.8. The molecule has 1 saturated carbocycles. The summed E-state index contributed by atoms with van der Waals surface area (Å²) in [5.41, 5.74) is 2.15. The molecule has 1 aliphatic carbocycles. The quantitative estimate of drug-likeness (QED) is 0.849. The average Bonchev–Trinajstić information content (AvgIpc) is 2.28. The third-order valence-electron chi connectivity index (χ3n) is 3.35. The van der Waals surface area contributed by atoms with Crippen LogP contribution in [-0.2, 0) is 0 Å². The zero-order chi connectivity index (χ0) is 13.0. The molecular weight excluding hydrogens is 242 g/mol. The summed E-state index contributed by atoms with van der Waals surface area (Å²) in [5, 5.41) is 5.19. The molecule has 1 aromatic heterocycles. The number of aryl methyl sites for hydroxylation is 2. The highest BCUT2D eigenvalue weighted by molar-refractivity contribution is 7.99. The topological polar surface area (TPSA) is 37.8 Å². The van der Waals surface area contributed by atoms with Crippen LogP contribution in [0.15, 0.2) is 11.2 Å². The molecule has 2 unspecified atom stereocenters. The van der Waals surface area contributed by atoms with Gasteiger partial charge in [0.1, 0.15) is 0 Å². The van der Waals surface area contributed by atoms with Gasteiger partial charge in [-0.3, -0.25) is 0 Å². The predicted octanol–water partition coefficient (Wildman–Crippen LogP) is 3.11. The Hall–Kier alpha value is -0.610. The van der Waals surface area contributed by atoms with Gasteiger partial charge >= 0.3 is 0 Å². The Labute approximate surface area is 114 Å². The van der Waals surface area contributed by atoms with Crippen molar-refractivity contribution in [1.29, 1.82) is 0 Å². The number of hydrogen-bond donors (Lipinski definition) is 1. The lowest BCUT2D eigenvalue weighted by molar-refractivity contribution is 0.387. The lowest BCUT2D eigenvalue weighted by Gasteiger charge is -2.28. The van der Waals surface area contributed by atoms with E-state index < -0.39 is 0 Å². The molecule has 2 rings (SSSR count). The van der Waals surface area contributed by atoms with Crippen LogP contribution >= 0.6 is 11.8 Å².